The number of hydrogen-bond donors (Lipinski definition) is 1. The molecule has 3 aromatic rings. The van der Waals surface area contributed by atoms with E-state index in [0.717, 1.165) is 44.2 Å². The number of benzene rings is 3. The van der Waals surface area contributed by atoms with Gasteiger partial charge in [-0.05, 0) is 58.2 Å². The second-order valence-corrected chi connectivity index (χ2v) is 14.5. The van der Waals surface area contributed by atoms with Gasteiger partial charge in [0.1, 0.15) is 24.7 Å². The molecule has 0 bridgehead atoms. The summed E-state index contributed by atoms with van der Waals surface area (Å²) in [5.74, 6) is -2.90. The predicted molar refractivity (Wildman–Crippen MR) is 201 cm³/mol. The van der Waals surface area contributed by atoms with E-state index < -0.39 is 59.2 Å². The van der Waals surface area contributed by atoms with Gasteiger partial charge in [0.25, 0.3) is 0 Å². The van der Waals surface area contributed by atoms with Crippen LogP contribution in [-0.2, 0) is 31.7 Å². The maximum atomic E-state index is 14.7. The molecule has 288 valence electrons. The van der Waals surface area contributed by atoms with E-state index in [0.29, 0.717) is 5.56 Å². The van der Waals surface area contributed by atoms with Gasteiger partial charge >= 0.3 is 18.2 Å². The molecule has 0 aliphatic heterocycles. The molecule has 0 fully saturated rings. The van der Waals surface area contributed by atoms with E-state index in [1.807, 2.05) is 48.5 Å². The molecule has 54 heavy (non-hydrogen) atoms. The van der Waals surface area contributed by atoms with Crippen LogP contribution in [0.5, 0.6) is 0 Å². The molecule has 0 saturated carbocycles. The topological polar surface area (TPSA) is 107 Å². The van der Waals surface area contributed by atoms with Crippen molar-refractivity contribution in [1.29, 1.82) is 0 Å². The monoisotopic (exact) mass is 747 g/mol. The number of alkyl halides is 3. The first kappa shape index (κ1) is 41.4. The molecule has 1 aliphatic carbocycles. The lowest BCUT2D eigenvalue weighted by Gasteiger charge is -2.41. The van der Waals surface area contributed by atoms with Crippen molar-refractivity contribution in [2.45, 2.75) is 70.3 Å². The second kappa shape index (κ2) is 17.2. The van der Waals surface area contributed by atoms with Crippen molar-refractivity contribution in [2.24, 2.45) is 5.41 Å². The molecule has 1 unspecified atom stereocenters. The number of hydrogen-bond acceptors (Lipinski definition) is 5. The number of rotatable bonds is 15. The van der Waals surface area contributed by atoms with E-state index in [9.17, 15) is 37.5 Å². The summed E-state index contributed by atoms with van der Waals surface area (Å²) in [5, 5.41) is 10.2. The number of carboxylic acids is 1. The molecule has 0 radical (unpaired) electrons. The van der Waals surface area contributed by atoms with Crippen LogP contribution < -0.4 is 0 Å². The molecule has 0 aromatic heterocycles. The van der Waals surface area contributed by atoms with Crippen molar-refractivity contribution < 1.29 is 42.2 Å². The van der Waals surface area contributed by atoms with Gasteiger partial charge in [0.2, 0.25) is 11.8 Å². The summed E-state index contributed by atoms with van der Waals surface area (Å²) in [6.45, 7) is 12.4. The number of ether oxygens (including phenoxy) is 1. The molecule has 0 saturated heterocycles. The fraction of sp³-hybridized carbons (Fsp3) is 0.381. The molecule has 3 atom stereocenters. The standard InChI is InChI=1S/C42H48F3N3O6/c1-8-10-24-48(35(25-27-20-22-28(23-21-27)42(43,44)45)37(49)47(7)36(39(51)52)41(3,4)5)38(50)34(15-9-2)46(6)40(53)54-26-33-31-18-13-11-16-29(31)30-17-12-14-19-32(30)33/h8-9,11-14,16-23,33-36H,1-2,10,15,24-26H2,3-7H3,(H,51,52)/t34-,35-,36?/m0/s1. The van der Waals surface area contributed by atoms with Gasteiger partial charge in [-0.1, -0.05) is 93.6 Å². The van der Waals surface area contributed by atoms with Crippen LogP contribution >= 0.6 is 0 Å². The molecule has 12 heteroatoms. The molecule has 1 aliphatic rings. The largest absolute Gasteiger partial charge is 0.480 e. The summed E-state index contributed by atoms with van der Waals surface area (Å²) in [6.07, 6.45) is -2.44. The van der Waals surface area contributed by atoms with E-state index in [1.165, 1.54) is 43.3 Å². The zero-order valence-corrected chi connectivity index (χ0v) is 31.3. The highest BCUT2D eigenvalue weighted by Gasteiger charge is 2.43. The number of amides is 3. The van der Waals surface area contributed by atoms with Crippen LogP contribution in [0.25, 0.3) is 11.1 Å². The molecule has 0 spiro atoms. The maximum absolute atomic E-state index is 14.7. The smallest absolute Gasteiger partial charge is 0.416 e. The molecule has 1 N–H and O–H groups in total. The quantitative estimate of drug-likeness (QED) is 0.159. The van der Waals surface area contributed by atoms with Crippen LogP contribution in [0.2, 0.25) is 0 Å². The summed E-state index contributed by atoms with van der Waals surface area (Å²) in [4.78, 5) is 58.8. The van der Waals surface area contributed by atoms with Gasteiger partial charge in [0.05, 0.1) is 5.56 Å². The van der Waals surface area contributed by atoms with E-state index in [2.05, 4.69) is 13.2 Å². The Kier molecular flexibility index (Phi) is 13.2. The normalized spacial score (nSPS) is 14.1. The van der Waals surface area contributed by atoms with Gasteiger partial charge in [-0.15, -0.1) is 13.2 Å². The Hall–Kier alpha value is -5.39. The number of carbonyl (C=O) groups excluding carboxylic acids is 3. The van der Waals surface area contributed by atoms with Gasteiger partial charge < -0.3 is 19.6 Å². The summed E-state index contributed by atoms with van der Waals surface area (Å²) in [5.41, 5.74) is 2.59. The van der Waals surface area contributed by atoms with Gasteiger partial charge in [-0.25, -0.2) is 9.59 Å². The number of halogens is 3. The summed E-state index contributed by atoms with van der Waals surface area (Å²) in [6, 6.07) is 16.1. The fourth-order valence-corrected chi connectivity index (χ4v) is 7.11. The lowest BCUT2D eigenvalue weighted by molar-refractivity contribution is -0.158. The highest BCUT2D eigenvalue weighted by atomic mass is 19.4. The summed E-state index contributed by atoms with van der Waals surface area (Å²) < 4.78 is 46.1. The number of carbonyl (C=O) groups is 4. The maximum Gasteiger partial charge on any atom is 0.416 e. The van der Waals surface area contributed by atoms with Crippen molar-refractivity contribution in [3.05, 3.63) is 120 Å². The number of carboxylic acid groups (broad SMARTS) is 1. The van der Waals surface area contributed by atoms with Crippen LogP contribution in [0.3, 0.4) is 0 Å². The second-order valence-electron chi connectivity index (χ2n) is 14.5. The number of likely N-dealkylation sites (N-methyl/N-ethyl adjacent to an activating group) is 2. The van der Waals surface area contributed by atoms with Gasteiger partial charge in [-0.2, -0.15) is 13.2 Å². The number of aliphatic carboxylic acids is 1. The van der Waals surface area contributed by atoms with Gasteiger partial charge in [0, 0.05) is 33.0 Å². The summed E-state index contributed by atoms with van der Waals surface area (Å²) >= 11 is 0. The van der Waals surface area contributed by atoms with Gasteiger partial charge in [-0.3, -0.25) is 14.5 Å². The first-order valence-corrected chi connectivity index (χ1v) is 17.7. The minimum Gasteiger partial charge on any atom is -0.480 e. The lowest BCUT2D eigenvalue weighted by atomic mass is 9.85. The Labute approximate surface area is 314 Å². The molecule has 4 rings (SSSR count). The Morgan fingerprint density at radius 2 is 1.37 bits per heavy atom. The van der Waals surface area contributed by atoms with Crippen molar-refractivity contribution in [2.75, 3.05) is 27.2 Å². The molecule has 0 heterocycles. The van der Waals surface area contributed by atoms with E-state index >= 15 is 0 Å². The molecular formula is C42H48F3N3O6. The average molecular weight is 748 g/mol. The minimum absolute atomic E-state index is 0.00438. The molecule has 3 aromatic carbocycles. The Morgan fingerprint density at radius 3 is 1.85 bits per heavy atom. The number of nitrogens with zero attached hydrogens (tertiary/aromatic N) is 3. The third-order valence-electron chi connectivity index (χ3n) is 9.78. The highest BCUT2D eigenvalue weighted by molar-refractivity contribution is 5.93. The predicted octanol–water partition coefficient (Wildman–Crippen LogP) is 7.80. The first-order chi connectivity index (χ1) is 25.4. The van der Waals surface area contributed by atoms with Crippen molar-refractivity contribution in [1.82, 2.24) is 14.7 Å². The SMILES string of the molecule is C=CCCN(C(=O)[C@H](CC=C)N(C)C(=O)OCC1c2ccccc2-c2ccccc21)[C@@H](Cc1ccc(C(F)(F)F)cc1)C(=O)N(C)C(C(=O)O)C(C)(C)C. The van der Waals surface area contributed by atoms with Crippen LogP contribution in [-0.4, -0.2) is 89.1 Å². The zero-order chi connectivity index (χ0) is 40.0. The van der Waals surface area contributed by atoms with Crippen LogP contribution in [0.15, 0.2) is 98.1 Å². The van der Waals surface area contributed by atoms with Gasteiger partial charge in [0.15, 0.2) is 0 Å². The van der Waals surface area contributed by atoms with E-state index in [1.54, 1.807) is 20.8 Å². The third-order valence-corrected chi connectivity index (χ3v) is 9.78. The van der Waals surface area contributed by atoms with Crippen molar-refractivity contribution in [3.8, 4) is 11.1 Å². The molecular weight excluding hydrogens is 699 g/mol. The molecule has 9 nitrogen and oxygen atoms in total. The average Bonchev–Trinajstić information content (AvgIpc) is 3.44. The van der Waals surface area contributed by atoms with E-state index in [-0.39, 0.29) is 38.3 Å². The minimum atomic E-state index is -4.59. The van der Waals surface area contributed by atoms with E-state index in [4.69, 9.17) is 4.74 Å². The van der Waals surface area contributed by atoms with Crippen molar-refractivity contribution in [3.63, 3.8) is 0 Å². The third kappa shape index (κ3) is 9.21. The molecule has 3 amide bonds. The number of fused-ring (bicyclic) bond motifs is 3. The highest BCUT2D eigenvalue weighted by Crippen LogP contribution is 2.44. The van der Waals surface area contributed by atoms with Crippen LogP contribution in [0, 0.1) is 5.41 Å². The van der Waals surface area contributed by atoms with Crippen molar-refractivity contribution >= 4 is 23.9 Å². The Bertz CT molecular complexity index is 1810. The Balaban J connectivity index is 1.68. The zero-order valence-electron chi connectivity index (χ0n) is 31.3. The summed E-state index contributed by atoms with van der Waals surface area (Å²) in [7, 11) is 2.74. The van der Waals surface area contributed by atoms with Crippen LogP contribution in [0.1, 0.15) is 61.8 Å². The lowest BCUT2D eigenvalue weighted by Crippen LogP contribution is -2.60. The first-order valence-electron chi connectivity index (χ1n) is 17.7. The fourth-order valence-electron chi connectivity index (χ4n) is 7.11. The van der Waals surface area contributed by atoms with Crippen LogP contribution in [0.4, 0.5) is 18.0 Å². The Morgan fingerprint density at radius 1 is 0.815 bits per heavy atom.